The van der Waals surface area contributed by atoms with Crippen molar-refractivity contribution in [2.24, 2.45) is 5.92 Å². The molecule has 1 unspecified atom stereocenters. The van der Waals surface area contributed by atoms with Crippen LogP contribution in [0.5, 0.6) is 0 Å². The van der Waals surface area contributed by atoms with Crippen molar-refractivity contribution in [3.05, 3.63) is 33.3 Å². The maximum Gasteiger partial charge on any atom is 0.0451 e. The maximum atomic E-state index is 9.03. The predicted molar refractivity (Wildman–Crippen MR) is 78.9 cm³/mol. The monoisotopic (exact) mass is 331 g/mol. The van der Waals surface area contributed by atoms with E-state index in [4.69, 9.17) is 16.7 Å². The van der Waals surface area contributed by atoms with Crippen LogP contribution in [0.15, 0.2) is 22.7 Å². The van der Waals surface area contributed by atoms with Gasteiger partial charge >= 0.3 is 0 Å². The summed E-state index contributed by atoms with van der Waals surface area (Å²) in [6.45, 7) is 3.41. The van der Waals surface area contributed by atoms with Crippen LogP contribution in [0.1, 0.15) is 24.8 Å². The minimum atomic E-state index is 0.302. The molecular weight excluding hydrogens is 314 g/mol. The van der Waals surface area contributed by atoms with Gasteiger partial charge in [0.05, 0.1) is 0 Å². The molecule has 0 radical (unpaired) electrons. The zero-order valence-corrected chi connectivity index (χ0v) is 12.8. The summed E-state index contributed by atoms with van der Waals surface area (Å²) in [5.74, 6) is 0.634. The first-order chi connectivity index (χ1) is 8.69. The summed E-state index contributed by atoms with van der Waals surface area (Å²) in [7, 11) is 0. The highest BCUT2D eigenvalue weighted by molar-refractivity contribution is 9.10. The number of halogens is 2. The second-order valence-corrected chi connectivity index (χ2v) is 6.31. The first kappa shape index (κ1) is 14.3. The Hall–Kier alpha value is -0.0900. The average molecular weight is 333 g/mol. The second-order valence-electron chi connectivity index (χ2n) is 4.99. The molecule has 4 heteroatoms. The molecule has 0 saturated carbocycles. The van der Waals surface area contributed by atoms with E-state index in [1.807, 2.05) is 12.1 Å². The van der Waals surface area contributed by atoms with Crippen LogP contribution in [-0.4, -0.2) is 29.7 Å². The van der Waals surface area contributed by atoms with Crippen LogP contribution >= 0.6 is 27.5 Å². The molecule has 0 amide bonds. The van der Waals surface area contributed by atoms with Crippen molar-refractivity contribution in [3.8, 4) is 0 Å². The molecule has 1 aliphatic heterocycles. The largest absolute Gasteiger partial charge is 0.396 e. The third-order valence-corrected chi connectivity index (χ3v) is 4.40. The van der Waals surface area contributed by atoms with Crippen LogP contribution in [0.2, 0.25) is 5.02 Å². The fourth-order valence-electron chi connectivity index (χ4n) is 2.62. The summed E-state index contributed by atoms with van der Waals surface area (Å²) in [5.41, 5.74) is 1.18. The Morgan fingerprint density at radius 1 is 1.44 bits per heavy atom. The SMILES string of the molecule is OCCC1CCCN(Cc2cc(Br)ccc2Cl)C1. The quantitative estimate of drug-likeness (QED) is 0.909. The van der Waals surface area contributed by atoms with Gasteiger partial charge in [0.1, 0.15) is 0 Å². The lowest BCUT2D eigenvalue weighted by Crippen LogP contribution is -2.35. The van der Waals surface area contributed by atoms with Crippen molar-refractivity contribution in [3.63, 3.8) is 0 Å². The van der Waals surface area contributed by atoms with Gasteiger partial charge in [0.2, 0.25) is 0 Å². The number of rotatable bonds is 4. The van der Waals surface area contributed by atoms with E-state index in [1.165, 1.54) is 18.4 Å². The Balaban J connectivity index is 1.98. The molecule has 100 valence electrons. The summed E-state index contributed by atoms with van der Waals surface area (Å²) in [4.78, 5) is 2.44. The topological polar surface area (TPSA) is 23.5 Å². The Bertz CT molecular complexity index is 397. The number of benzene rings is 1. The molecular formula is C14H19BrClNO. The molecule has 1 N–H and O–H groups in total. The number of piperidine rings is 1. The van der Waals surface area contributed by atoms with E-state index in [1.54, 1.807) is 0 Å². The number of nitrogens with zero attached hydrogens (tertiary/aromatic N) is 1. The molecule has 1 saturated heterocycles. The summed E-state index contributed by atoms with van der Waals surface area (Å²) < 4.78 is 1.07. The van der Waals surface area contributed by atoms with Gasteiger partial charge in [0.15, 0.2) is 0 Å². The van der Waals surface area contributed by atoms with Gasteiger partial charge in [-0.15, -0.1) is 0 Å². The highest BCUT2D eigenvalue weighted by Crippen LogP contribution is 2.25. The Kier molecular flexibility index (Phi) is 5.49. The van der Waals surface area contributed by atoms with Crippen LogP contribution in [-0.2, 0) is 6.54 Å². The Morgan fingerprint density at radius 2 is 2.28 bits per heavy atom. The molecule has 0 aromatic heterocycles. The molecule has 1 aromatic rings. The highest BCUT2D eigenvalue weighted by atomic mass is 79.9. The van der Waals surface area contributed by atoms with E-state index < -0.39 is 0 Å². The molecule has 1 fully saturated rings. The zero-order valence-electron chi connectivity index (χ0n) is 10.4. The van der Waals surface area contributed by atoms with Gasteiger partial charge in [0.25, 0.3) is 0 Å². The molecule has 1 aromatic carbocycles. The average Bonchev–Trinajstić information content (AvgIpc) is 2.35. The van der Waals surface area contributed by atoms with Crippen molar-refractivity contribution < 1.29 is 5.11 Å². The molecule has 0 bridgehead atoms. The molecule has 0 spiro atoms. The van der Waals surface area contributed by atoms with Gasteiger partial charge in [-0.25, -0.2) is 0 Å². The molecule has 0 aliphatic carbocycles. The fourth-order valence-corrected chi connectivity index (χ4v) is 3.20. The molecule has 2 nitrogen and oxygen atoms in total. The minimum Gasteiger partial charge on any atom is -0.396 e. The van der Waals surface area contributed by atoms with E-state index >= 15 is 0 Å². The fraction of sp³-hybridized carbons (Fsp3) is 0.571. The summed E-state index contributed by atoms with van der Waals surface area (Å²) in [6, 6.07) is 6.00. The van der Waals surface area contributed by atoms with Crippen molar-refractivity contribution in [2.45, 2.75) is 25.8 Å². The number of hydrogen-bond donors (Lipinski definition) is 1. The minimum absolute atomic E-state index is 0.302. The Morgan fingerprint density at radius 3 is 3.06 bits per heavy atom. The molecule has 1 aliphatic rings. The van der Waals surface area contributed by atoms with Crippen molar-refractivity contribution in [1.82, 2.24) is 4.90 Å². The summed E-state index contributed by atoms with van der Waals surface area (Å²) in [5, 5.41) is 9.86. The zero-order chi connectivity index (χ0) is 13.0. The van der Waals surface area contributed by atoms with E-state index in [0.29, 0.717) is 12.5 Å². The maximum absolute atomic E-state index is 9.03. The van der Waals surface area contributed by atoms with Crippen molar-refractivity contribution >= 4 is 27.5 Å². The van der Waals surface area contributed by atoms with Crippen LogP contribution in [0.4, 0.5) is 0 Å². The van der Waals surface area contributed by atoms with E-state index in [0.717, 1.165) is 35.6 Å². The van der Waals surface area contributed by atoms with Crippen LogP contribution in [0, 0.1) is 5.92 Å². The van der Waals surface area contributed by atoms with Crippen LogP contribution in [0.25, 0.3) is 0 Å². The molecule has 2 rings (SSSR count). The van der Waals surface area contributed by atoms with Gasteiger partial charge in [-0.05, 0) is 55.5 Å². The van der Waals surface area contributed by atoms with E-state index in [-0.39, 0.29) is 0 Å². The van der Waals surface area contributed by atoms with E-state index in [9.17, 15) is 0 Å². The highest BCUT2D eigenvalue weighted by Gasteiger charge is 2.20. The molecule has 1 heterocycles. The van der Waals surface area contributed by atoms with E-state index in [2.05, 4.69) is 26.9 Å². The lowest BCUT2D eigenvalue weighted by Gasteiger charge is -2.32. The van der Waals surface area contributed by atoms with Gasteiger partial charge in [-0.3, -0.25) is 4.90 Å². The molecule has 1 atom stereocenters. The third-order valence-electron chi connectivity index (χ3n) is 3.54. The second kappa shape index (κ2) is 6.90. The van der Waals surface area contributed by atoms with Crippen LogP contribution < -0.4 is 0 Å². The van der Waals surface area contributed by atoms with Crippen molar-refractivity contribution in [2.75, 3.05) is 19.7 Å². The van der Waals surface area contributed by atoms with Crippen molar-refractivity contribution in [1.29, 1.82) is 0 Å². The van der Waals surface area contributed by atoms with Crippen LogP contribution in [0.3, 0.4) is 0 Å². The first-order valence-electron chi connectivity index (χ1n) is 6.46. The smallest absolute Gasteiger partial charge is 0.0451 e. The molecule has 18 heavy (non-hydrogen) atoms. The number of aliphatic hydroxyl groups is 1. The third kappa shape index (κ3) is 3.95. The summed E-state index contributed by atoms with van der Waals surface area (Å²) in [6.07, 6.45) is 3.38. The van der Waals surface area contributed by atoms with Gasteiger partial charge < -0.3 is 5.11 Å². The van der Waals surface area contributed by atoms with Gasteiger partial charge in [-0.1, -0.05) is 27.5 Å². The standard InChI is InChI=1S/C14H19BrClNO/c15-13-3-4-14(16)12(8-13)10-17-6-1-2-11(9-17)5-7-18/h3-4,8,11,18H,1-2,5-7,9-10H2. The lowest BCUT2D eigenvalue weighted by molar-refractivity contribution is 0.142. The normalized spacial score (nSPS) is 21.2. The number of aliphatic hydroxyl groups excluding tert-OH is 1. The number of hydrogen-bond acceptors (Lipinski definition) is 2. The first-order valence-corrected chi connectivity index (χ1v) is 7.63. The summed E-state index contributed by atoms with van der Waals surface area (Å²) >= 11 is 9.71. The number of likely N-dealkylation sites (tertiary alicyclic amines) is 1. The Labute approximate surface area is 122 Å². The van der Waals surface area contributed by atoms with Gasteiger partial charge in [-0.2, -0.15) is 0 Å². The predicted octanol–water partition coefficient (Wildman–Crippen LogP) is 3.70. The van der Waals surface area contributed by atoms with Gasteiger partial charge in [0, 0.05) is 29.2 Å². The lowest BCUT2D eigenvalue weighted by atomic mass is 9.95.